The summed E-state index contributed by atoms with van der Waals surface area (Å²) in [5, 5.41) is 1.72. The molecule has 5 heteroatoms. The predicted molar refractivity (Wildman–Crippen MR) is 25.4 cm³/mol. The highest BCUT2D eigenvalue weighted by molar-refractivity contribution is 7.49. The molecule has 0 aromatic carbocycles. The van der Waals surface area contributed by atoms with Crippen LogP contribution in [-0.2, 0) is 4.57 Å². The highest BCUT2D eigenvalue weighted by atomic mass is 31.2. The van der Waals surface area contributed by atoms with Crippen LogP contribution in [0.3, 0.4) is 0 Å². The first kappa shape index (κ1) is 6.69. The van der Waals surface area contributed by atoms with Crippen molar-refractivity contribution in [2.75, 3.05) is 0 Å². The van der Waals surface area contributed by atoms with Crippen LogP contribution in [0.25, 0.3) is 0 Å². The molecule has 42 valence electrons. The molecule has 0 aliphatic carbocycles. The van der Waals surface area contributed by atoms with Crippen LogP contribution in [-0.4, -0.2) is 9.79 Å². The lowest BCUT2D eigenvalue weighted by Crippen LogP contribution is -1.97. The van der Waals surface area contributed by atoms with Crippen molar-refractivity contribution < 1.29 is 14.4 Å². The summed E-state index contributed by atoms with van der Waals surface area (Å²) in [6.07, 6.45) is 0.945. The van der Waals surface area contributed by atoms with Gasteiger partial charge in [0.25, 0.3) is 0 Å². The molecule has 4 nitrogen and oxygen atoms in total. The molecule has 0 aliphatic heterocycles. The molecule has 0 heterocycles. The number of rotatable bonds is 2. The molecule has 0 spiro atoms. The van der Waals surface area contributed by atoms with E-state index in [-0.39, 0.29) is 0 Å². The molecule has 0 rings (SSSR count). The third-order valence-corrected chi connectivity index (χ3v) is 0.778. The summed E-state index contributed by atoms with van der Waals surface area (Å²) in [6.45, 7) is 3.04. The maximum atomic E-state index is 9.74. The molecular formula is C2H6NO3P. The lowest BCUT2D eigenvalue weighted by atomic mass is 11.1. The van der Waals surface area contributed by atoms with Crippen LogP contribution in [0.2, 0.25) is 0 Å². The normalized spacial score (nSPS) is 10.6. The molecule has 0 aromatic heterocycles. The van der Waals surface area contributed by atoms with Crippen LogP contribution in [0.1, 0.15) is 0 Å². The van der Waals surface area contributed by atoms with Crippen LogP contribution < -0.4 is 5.09 Å². The molecule has 0 radical (unpaired) electrons. The minimum atomic E-state index is -4.03. The Balaban J connectivity index is 3.57. The minimum absolute atomic E-state index is 0.945. The largest absolute Gasteiger partial charge is 0.427 e. The molecule has 0 saturated carbocycles. The molecule has 0 fully saturated rings. The zero-order valence-corrected chi connectivity index (χ0v) is 4.43. The van der Waals surface area contributed by atoms with Crippen molar-refractivity contribution in [1.29, 1.82) is 0 Å². The maximum absolute atomic E-state index is 9.74. The van der Waals surface area contributed by atoms with Gasteiger partial charge in [-0.3, -0.25) is 0 Å². The minimum Gasteiger partial charge on any atom is -0.308 e. The van der Waals surface area contributed by atoms with Crippen molar-refractivity contribution in [3.63, 3.8) is 0 Å². The van der Waals surface area contributed by atoms with Gasteiger partial charge in [0, 0.05) is 0 Å². The summed E-state index contributed by atoms with van der Waals surface area (Å²) < 4.78 is 9.74. The molecule has 0 aliphatic rings. The molecule has 3 N–H and O–H groups in total. The lowest BCUT2D eigenvalue weighted by molar-refractivity contribution is 0.365. The van der Waals surface area contributed by atoms with E-state index in [4.69, 9.17) is 9.79 Å². The Kier molecular flexibility index (Phi) is 2.02. The summed E-state index contributed by atoms with van der Waals surface area (Å²) in [7, 11) is -4.03. The van der Waals surface area contributed by atoms with Crippen LogP contribution in [0.15, 0.2) is 12.8 Å². The van der Waals surface area contributed by atoms with Gasteiger partial charge in [0.1, 0.15) is 0 Å². The average molecular weight is 123 g/mol. The van der Waals surface area contributed by atoms with Gasteiger partial charge in [-0.25, -0.2) is 4.57 Å². The Labute approximate surface area is 41.1 Å². The first-order valence-corrected chi connectivity index (χ1v) is 3.12. The van der Waals surface area contributed by atoms with Gasteiger partial charge in [0.2, 0.25) is 0 Å². The van der Waals surface area contributed by atoms with E-state index in [0.717, 1.165) is 6.20 Å². The van der Waals surface area contributed by atoms with E-state index in [1.807, 2.05) is 0 Å². The summed E-state index contributed by atoms with van der Waals surface area (Å²) in [4.78, 5) is 15.9. The quantitative estimate of drug-likeness (QED) is 0.445. The molecular weight excluding hydrogens is 117 g/mol. The first-order chi connectivity index (χ1) is 3.06. The maximum Gasteiger partial charge on any atom is 0.427 e. The summed E-state index contributed by atoms with van der Waals surface area (Å²) in [6, 6.07) is 0. The summed E-state index contributed by atoms with van der Waals surface area (Å²) >= 11 is 0. The van der Waals surface area contributed by atoms with Gasteiger partial charge < -0.3 is 14.9 Å². The molecule has 0 bridgehead atoms. The fourth-order valence-corrected chi connectivity index (χ4v) is 0.357. The number of hydrogen-bond acceptors (Lipinski definition) is 1. The highest BCUT2D eigenvalue weighted by Gasteiger charge is 2.05. The lowest BCUT2D eigenvalue weighted by Gasteiger charge is -1.97. The van der Waals surface area contributed by atoms with E-state index in [1.54, 1.807) is 5.09 Å². The van der Waals surface area contributed by atoms with Crippen LogP contribution in [0.4, 0.5) is 0 Å². The molecule has 0 atom stereocenters. The third-order valence-electron chi connectivity index (χ3n) is 0.259. The van der Waals surface area contributed by atoms with Crippen molar-refractivity contribution >= 4 is 7.75 Å². The summed E-state index contributed by atoms with van der Waals surface area (Å²) in [5.41, 5.74) is 0. The van der Waals surface area contributed by atoms with Crippen LogP contribution >= 0.6 is 7.75 Å². The third kappa shape index (κ3) is 5.69. The average Bonchev–Trinajstić information content (AvgIpc) is 1.30. The smallest absolute Gasteiger partial charge is 0.308 e. The van der Waals surface area contributed by atoms with Gasteiger partial charge in [0.15, 0.2) is 0 Å². The van der Waals surface area contributed by atoms with Gasteiger partial charge in [0.05, 0.1) is 0 Å². The van der Waals surface area contributed by atoms with Crippen molar-refractivity contribution in [3.05, 3.63) is 12.8 Å². The van der Waals surface area contributed by atoms with E-state index in [2.05, 4.69) is 6.58 Å². The Morgan fingerprint density at radius 1 is 1.71 bits per heavy atom. The molecule has 7 heavy (non-hydrogen) atoms. The summed E-state index contributed by atoms with van der Waals surface area (Å²) in [5.74, 6) is 0. The van der Waals surface area contributed by atoms with Crippen molar-refractivity contribution in [1.82, 2.24) is 5.09 Å². The molecule has 0 saturated heterocycles. The zero-order valence-electron chi connectivity index (χ0n) is 3.53. The van der Waals surface area contributed by atoms with Crippen LogP contribution in [0.5, 0.6) is 0 Å². The first-order valence-electron chi connectivity index (χ1n) is 1.50. The SMILES string of the molecule is C=CNP(=O)(O)O. The fraction of sp³-hybridized carbons (Fsp3) is 0. The van der Waals surface area contributed by atoms with E-state index < -0.39 is 7.75 Å². The van der Waals surface area contributed by atoms with Crippen LogP contribution in [0, 0.1) is 0 Å². The second kappa shape index (κ2) is 2.12. The van der Waals surface area contributed by atoms with E-state index in [1.165, 1.54) is 0 Å². The van der Waals surface area contributed by atoms with E-state index >= 15 is 0 Å². The van der Waals surface area contributed by atoms with E-state index in [0.29, 0.717) is 0 Å². The number of hydrogen-bond donors (Lipinski definition) is 3. The Bertz CT molecular complexity index is 106. The highest BCUT2D eigenvalue weighted by Crippen LogP contribution is 2.27. The topological polar surface area (TPSA) is 69.6 Å². The van der Waals surface area contributed by atoms with Gasteiger partial charge in [-0.05, 0) is 6.20 Å². The molecule has 0 amide bonds. The van der Waals surface area contributed by atoms with Crippen molar-refractivity contribution in [3.8, 4) is 0 Å². The zero-order chi connectivity index (χ0) is 5.91. The predicted octanol–water partition coefficient (Wildman–Crippen LogP) is -0.188. The standard InChI is InChI=1S/C2H6NO3P/c1-2-3-7(4,5)6/h2H,1H2,(H3,3,4,5,6). The Morgan fingerprint density at radius 3 is 2.14 bits per heavy atom. The van der Waals surface area contributed by atoms with Crippen molar-refractivity contribution in [2.24, 2.45) is 0 Å². The van der Waals surface area contributed by atoms with Gasteiger partial charge in [-0.15, -0.1) is 0 Å². The monoisotopic (exact) mass is 123 g/mol. The molecule has 0 aromatic rings. The van der Waals surface area contributed by atoms with Gasteiger partial charge in [-0.2, -0.15) is 0 Å². The Hall–Kier alpha value is -0.310. The Morgan fingerprint density at radius 2 is 2.14 bits per heavy atom. The van der Waals surface area contributed by atoms with Crippen molar-refractivity contribution in [2.45, 2.75) is 0 Å². The van der Waals surface area contributed by atoms with Gasteiger partial charge in [-0.1, -0.05) is 6.58 Å². The van der Waals surface area contributed by atoms with E-state index in [9.17, 15) is 4.57 Å². The second-order valence-electron chi connectivity index (χ2n) is 0.877. The second-order valence-corrected chi connectivity index (χ2v) is 2.22. The number of nitrogens with one attached hydrogen (secondary N) is 1. The molecule has 0 unspecified atom stereocenters. The fourth-order valence-electron chi connectivity index (χ4n) is 0.119. The van der Waals surface area contributed by atoms with Gasteiger partial charge >= 0.3 is 7.75 Å².